The number of hydrogen-bond acceptors (Lipinski definition) is 7. The van der Waals surface area contributed by atoms with E-state index in [1.54, 1.807) is 11.5 Å². The molecule has 3 aliphatic rings. The number of ether oxygens (including phenoxy) is 1. The van der Waals surface area contributed by atoms with Crippen LogP contribution in [0.2, 0.25) is 0 Å². The van der Waals surface area contributed by atoms with Crippen molar-refractivity contribution in [3.63, 3.8) is 0 Å². The van der Waals surface area contributed by atoms with E-state index in [-0.39, 0.29) is 29.1 Å². The molecule has 204 valence electrons. The Kier molecular flexibility index (Phi) is 7.89. The second kappa shape index (κ2) is 10.5. The lowest BCUT2D eigenvalue weighted by Gasteiger charge is -2.36. The zero-order chi connectivity index (χ0) is 27.0. The Hall–Kier alpha value is -2.23. The van der Waals surface area contributed by atoms with Gasteiger partial charge in [0.15, 0.2) is 4.75 Å². The van der Waals surface area contributed by atoms with E-state index < -0.39 is 42.1 Å². The molecule has 2 aliphatic carbocycles. The van der Waals surface area contributed by atoms with E-state index in [4.69, 9.17) is 4.74 Å². The standard InChI is InChI=1S/C25H37N4O6PS/c1-5-16-15-25(16,36(33,34)23-26-12-14-37-23)28-20(30)18-11-8-13-29(18)21(31)19(24(2,3)4)27-22(32)35-17-9-6-7-10-17/h5,12,14,16-19H,1,6-11,13,15H2,2-4H3,(H,27,32)(H,28,30)(H,33,34)/t16-,18+,19?,25+/m1/s1. The fourth-order valence-corrected chi connectivity index (χ4v) is 8.82. The van der Waals surface area contributed by atoms with E-state index in [2.05, 4.69) is 22.2 Å². The number of hydrogen-bond donors (Lipinski definition) is 3. The molecule has 2 heterocycles. The number of aromatic nitrogens is 1. The number of nitrogens with one attached hydrogen (secondary N) is 2. The molecule has 1 aromatic rings. The van der Waals surface area contributed by atoms with Crippen molar-refractivity contribution in [3.8, 4) is 0 Å². The number of thiazole rings is 1. The van der Waals surface area contributed by atoms with Gasteiger partial charge in [-0.1, -0.05) is 26.8 Å². The summed E-state index contributed by atoms with van der Waals surface area (Å²) < 4.78 is 19.1. The van der Waals surface area contributed by atoms with Gasteiger partial charge in [0.2, 0.25) is 11.8 Å². The first-order valence-corrected chi connectivity index (χ1v) is 15.4. The van der Waals surface area contributed by atoms with Crippen molar-refractivity contribution in [2.45, 2.75) is 89.2 Å². The quantitative estimate of drug-likeness (QED) is 0.333. The molecule has 37 heavy (non-hydrogen) atoms. The van der Waals surface area contributed by atoms with Gasteiger partial charge < -0.3 is 25.2 Å². The SMILES string of the molecule is C=C[C@@H]1C[C@]1(NC(=O)[C@@H]1CCCN1C(=O)C(NC(=O)OC1CCCC1)C(C)(C)C)P(=O)(O)c1nccs1. The lowest BCUT2D eigenvalue weighted by molar-refractivity contribution is -0.142. The number of amides is 3. The van der Waals surface area contributed by atoms with Gasteiger partial charge in [0.25, 0.3) is 7.37 Å². The molecular formula is C25H37N4O6PS. The molecular weight excluding hydrogens is 515 g/mol. The molecule has 5 atom stereocenters. The maximum Gasteiger partial charge on any atom is 0.408 e. The smallest absolute Gasteiger partial charge is 0.408 e. The summed E-state index contributed by atoms with van der Waals surface area (Å²) in [5.74, 6) is -1.23. The molecule has 12 heteroatoms. The molecule has 0 spiro atoms. The molecule has 2 unspecified atom stereocenters. The van der Waals surface area contributed by atoms with Crippen molar-refractivity contribution in [2.24, 2.45) is 11.3 Å². The minimum Gasteiger partial charge on any atom is -0.446 e. The number of nitrogens with zero attached hydrogens (tertiary/aromatic N) is 2. The van der Waals surface area contributed by atoms with Crippen molar-refractivity contribution >= 4 is 41.4 Å². The van der Waals surface area contributed by atoms with E-state index in [9.17, 15) is 23.8 Å². The van der Waals surface area contributed by atoms with Gasteiger partial charge in [-0.2, -0.15) is 0 Å². The van der Waals surface area contributed by atoms with Crippen molar-refractivity contribution in [1.82, 2.24) is 20.5 Å². The molecule has 2 saturated carbocycles. The Balaban J connectivity index is 1.49. The Labute approximate surface area is 221 Å². The number of likely N-dealkylation sites (tertiary alicyclic amines) is 1. The summed E-state index contributed by atoms with van der Waals surface area (Å²) in [7, 11) is -4.05. The summed E-state index contributed by atoms with van der Waals surface area (Å²) in [6.45, 7) is 9.65. The van der Waals surface area contributed by atoms with Crippen LogP contribution in [0.5, 0.6) is 0 Å². The average molecular weight is 553 g/mol. The van der Waals surface area contributed by atoms with Gasteiger partial charge in [-0.05, 0) is 50.4 Å². The van der Waals surface area contributed by atoms with Crippen LogP contribution in [0.15, 0.2) is 24.2 Å². The summed E-state index contributed by atoms with van der Waals surface area (Å²) >= 11 is 1.07. The topological polar surface area (TPSA) is 138 Å². The molecule has 0 bridgehead atoms. The molecule has 4 rings (SSSR count). The molecule has 1 saturated heterocycles. The summed E-state index contributed by atoms with van der Waals surface area (Å²) in [4.78, 5) is 56.4. The Morgan fingerprint density at radius 1 is 1.30 bits per heavy atom. The van der Waals surface area contributed by atoms with Crippen molar-refractivity contribution in [1.29, 1.82) is 0 Å². The third-order valence-corrected chi connectivity index (χ3v) is 11.6. The molecule has 10 nitrogen and oxygen atoms in total. The minimum atomic E-state index is -4.05. The summed E-state index contributed by atoms with van der Waals surface area (Å²) in [6, 6.07) is -1.71. The first-order valence-electron chi connectivity index (χ1n) is 12.9. The Bertz CT molecular complexity index is 1080. The second-order valence-electron chi connectivity index (χ2n) is 11.3. The normalized spacial score (nSPS) is 28.3. The fourth-order valence-electron chi connectivity index (χ4n) is 5.38. The number of carbonyl (C=O) groups excluding carboxylic acids is 3. The molecule has 3 N–H and O–H groups in total. The van der Waals surface area contributed by atoms with Crippen LogP contribution in [0.25, 0.3) is 0 Å². The van der Waals surface area contributed by atoms with Crippen LogP contribution in [0, 0.1) is 11.3 Å². The predicted molar refractivity (Wildman–Crippen MR) is 141 cm³/mol. The van der Waals surface area contributed by atoms with Gasteiger partial charge in [0.05, 0.1) is 0 Å². The predicted octanol–water partition coefficient (Wildman–Crippen LogP) is 3.13. The summed E-state index contributed by atoms with van der Waals surface area (Å²) in [5, 5.41) is 5.82. The van der Waals surface area contributed by atoms with Gasteiger partial charge in [0.1, 0.15) is 23.5 Å². The first kappa shape index (κ1) is 27.8. The van der Waals surface area contributed by atoms with Crippen molar-refractivity contribution < 1.29 is 28.6 Å². The van der Waals surface area contributed by atoms with Crippen LogP contribution in [-0.2, 0) is 18.9 Å². The average Bonchev–Trinajstić information content (AvgIpc) is 3.37. The van der Waals surface area contributed by atoms with Gasteiger partial charge in [-0.15, -0.1) is 17.9 Å². The fraction of sp³-hybridized carbons (Fsp3) is 0.680. The molecule has 1 aromatic heterocycles. The van der Waals surface area contributed by atoms with Crippen molar-refractivity contribution in [2.75, 3.05) is 6.54 Å². The number of rotatable bonds is 8. The van der Waals surface area contributed by atoms with Crippen LogP contribution >= 0.6 is 18.7 Å². The van der Waals surface area contributed by atoms with Gasteiger partial charge in [0, 0.05) is 24.0 Å². The highest BCUT2D eigenvalue weighted by molar-refractivity contribution is 7.73. The highest BCUT2D eigenvalue weighted by Crippen LogP contribution is 2.68. The zero-order valence-corrected chi connectivity index (χ0v) is 23.4. The molecule has 3 amide bonds. The Morgan fingerprint density at radius 2 is 2.00 bits per heavy atom. The molecule has 0 aromatic carbocycles. The third-order valence-electron chi connectivity index (χ3n) is 7.62. The van der Waals surface area contributed by atoms with E-state index in [0.717, 1.165) is 37.0 Å². The maximum absolute atomic E-state index is 13.7. The van der Waals surface area contributed by atoms with Gasteiger partial charge in [-0.25, -0.2) is 9.78 Å². The lowest BCUT2D eigenvalue weighted by Crippen LogP contribution is -2.58. The van der Waals surface area contributed by atoms with Crippen LogP contribution in [0.3, 0.4) is 0 Å². The molecule has 0 radical (unpaired) electrons. The zero-order valence-electron chi connectivity index (χ0n) is 21.6. The van der Waals surface area contributed by atoms with Crippen LogP contribution in [0.1, 0.15) is 65.7 Å². The lowest BCUT2D eigenvalue weighted by atomic mass is 9.85. The number of carbonyl (C=O) groups is 3. The van der Waals surface area contributed by atoms with E-state index in [0.29, 0.717) is 19.4 Å². The molecule has 1 aliphatic heterocycles. The van der Waals surface area contributed by atoms with E-state index in [1.807, 2.05) is 20.8 Å². The highest BCUT2D eigenvalue weighted by Gasteiger charge is 2.67. The molecule has 3 fully saturated rings. The van der Waals surface area contributed by atoms with Gasteiger partial charge >= 0.3 is 6.09 Å². The minimum absolute atomic E-state index is 0.0780. The number of alkyl carbamates (subject to hydrolysis) is 1. The largest absolute Gasteiger partial charge is 0.446 e. The Morgan fingerprint density at radius 3 is 2.57 bits per heavy atom. The van der Waals surface area contributed by atoms with Crippen LogP contribution < -0.4 is 15.4 Å². The van der Waals surface area contributed by atoms with Gasteiger partial charge in [-0.3, -0.25) is 14.2 Å². The summed E-state index contributed by atoms with van der Waals surface area (Å²) in [6.07, 6.45) is 7.23. The van der Waals surface area contributed by atoms with E-state index >= 15 is 0 Å². The first-order chi connectivity index (χ1) is 17.4. The maximum atomic E-state index is 13.7. The monoisotopic (exact) mass is 552 g/mol. The summed E-state index contributed by atoms with van der Waals surface area (Å²) in [5.41, 5.74) is -0.632. The van der Waals surface area contributed by atoms with Crippen molar-refractivity contribution in [3.05, 3.63) is 24.2 Å². The highest BCUT2D eigenvalue weighted by atomic mass is 32.1. The second-order valence-corrected chi connectivity index (χ2v) is 14.9. The van der Waals surface area contributed by atoms with Crippen LogP contribution in [0.4, 0.5) is 4.79 Å². The van der Waals surface area contributed by atoms with E-state index in [1.165, 1.54) is 11.1 Å². The van der Waals surface area contributed by atoms with Crippen LogP contribution in [-0.4, -0.2) is 62.7 Å². The third kappa shape index (κ3) is 5.49.